The first-order valence-electron chi connectivity index (χ1n) is 6.40. The van der Waals surface area contributed by atoms with Crippen LogP contribution in [0.4, 0.5) is 4.79 Å². The fourth-order valence-electron chi connectivity index (χ4n) is 1.22. The first-order valence-corrected chi connectivity index (χ1v) is 7.19. The Balaban J connectivity index is 0.000000396. The van der Waals surface area contributed by atoms with E-state index in [0.717, 1.165) is 23.2 Å². The van der Waals surface area contributed by atoms with E-state index in [9.17, 15) is 4.79 Å². The quantitative estimate of drug-likeness (QED) is 0.847. The van der Waals surface area contributed by atoms with Gasteiger partial charge in [0.1, 0.15) is 11.3 Å². The predicted octanol–water partition coefficient (Wildman–Crippen LogP) is 2.99. The second-order valence-electron chi connectivity index (χ2n) is 5.18. The third kappa shape index (κ3) is 9.80. The van der Waals surface area contributed by atoms with Gasteiger partial charge in [0.25, 0.3) is 0 Å². The summed E-state index contributed by atoms with van der Waals surface area (Å²) < 4.78 is 12.7. The summed E-state index contributed by atoms with van der Waals surface area (Å²) in [5, 5.41) is 4.23. The van der Waals surface area contributed by atoms with Crippen LogP contribution in [0.3, 0.4) is 0 Å². The van der Waals surface area contributed by atoms with Crippen molar-refractivity contribution in [2.24, 2.45) is 12.8 Å². The molecule has 1 rings (SSSR count). The number of aryl methyl sites for hydroxylation is 1. The van der Waals surface area contributed by atoms with Crippen LogP contribution in [0.1, 0.15) is 39.8 Å². The molecule has 0 aliphatic carbocycles. The fourth-order valence-corrected chi connectivity index (χ4v) is 1.71. The van der Waals surface area contributed by atoms with E-state index in [1.165, 1.54) is 0 Å². The number of carbonyl (C=O) groups is 1. The molecule has 0 aliphatic heterocycles. The van der Waals surface area contributed by atoms with Gasteiger partial charge in [-0.2, -0.15) is 5.10 Å². The van der Waals surface area contributed by atoms with Crippen molar-refractivity contribution in [2.75, 3.05) is 6.61 Å². The highest BCUT2D eigenvalue weighted by molar-refractivity contribution is 9.10. The number of ether oxygens (including phenoxy) is 2. The maximum atomic E-state index is 10.0. The lowest BCUT2D eigenvalue weighted by Gasteiger charge is -2.16. The average Bonchev–Trinajstić information content (AvgIpc) is 2.55. The van der Waals surface area contributed by atoms with Crippen LogP contribution in [0.2, 0.25) is 0 Å². The van der Waals surface area contributed by atoms with Crippen molar-refractivity contribution < 1.29 is 14.3 Å². The van der Waals surface area contributed by atoms with Crippen LogP contribution in [-0.4, -0.2) is 28.1 Å². The Morgan fingerprint density at radius 2 is 2.10 bits per heavy atom. The van der Waals surface area contributed by atoms with E-state index >= 15 is 0 Å². The van der Waals surface area contributed by atoms with Gasteiger partial charge in [0.2, 0.25) is 0 Å². The Kier molecular flexibility index (Phi) is 8.48. The first kappa shape index (κ1) is 18.9. The van der Waals surface area contributed by atoms with Crippen LogP contribution in [-0.2, 0) is 23.1 Å². The summed E-state index contributed by atoms with van der Waals surface area (Å²) in [6.07, 6.45) is 2.24. The van der Waals surface area contributed by atoms with Gasteiger partial charge in [-0.25, -0.2) is 4.79 Å². The van der Waals surface area contributed by atoms with E-state index in [-0.39, 0.29) is 0 Å². The molecule has 2 N–H and O–H groups in total. The Morgan fingerprint density at radius 3 is 2.40 bits per heavy atom. The molecule has 0 aliphatic rings. The number of nitrogens with two attached hydrogens (primary N) is 1. The number of hydrogen-bond donors (Lipinski definition) is 1. The molecule has 6 nitrogen and oxygen atoms in total. The van der Waals surface area contributed by atoms with Gasteiger partial charge >= 0.3 is 6.09 Å². The third-order valence-electron chi connectivity index (χ3n) is 1.85. The summed E-state index contributed by atoms with van der Waals surface area (Å²) in [6, 6.07) is 0. The van der Waals surface area contributed by atoms with Crippen molar-refractivity contribution >= 4 is 22.0 Å². The molecule has 0 saturated heterocycles. The molecule has 0 bridgehead atoms. The van der Waals surface area contributed by atoms with Crippen molar-refractivity contribution in [1.82, 2.24) is 9.78 Å². The van der Waals surface area contributed by atoms with Crippen molar-refractivity contribution in [2.45, 2.75) is 46.3 Å². The molecule has 1 aromatic rings. The molecule has 0 unspecified atom stereocenters. The van der Waals surface area contributed by atoms with Crippen LogP contribution in [0.15, 0.2) is 10.7 Å². The van der Waals surface area contributed by atoms with E-state index in [1.54, 1.807) is 25.5 Å². The maximum Gasteiger partial charge on any atom is 0.405 e. The number of carbonyl (C=O) groups excluding carboxylic acids is 1. The number of nitrogens with zero attached hydrogens (tertiary/aromatic N) is 2. The molecule has 0 radical (unpaired) electrons. The molecule has 0 saturated carbocycles. The van der Waals surface area contributed by atoms with Crippen LogP contribution in [0.25, 0.3) is 0 Å². The minimum absolute atomic E-state index is 0.453. The molecule has 0 spiro atoms. The number of primary amides is 1. The number of aromatic nitrogens is 2. The Morgan fingerprint density at radius 1 is 1.50 bits per heavy atom. The lowest BCUT2D eigenvalue weighted by atomic mass is 10.2. The van der Waals surface area contributed by atoms with Gasteiger partial charge in [0.15, 0.2) is 0 Å². The summed E-state index contributed by atoms with van der Waals surface area (Å²) in [5.41, 5.74) is 5.23. The summed E-state index contributed by atoms with van der Waals surface area (Å²) >= 11 is 3.41. The molecule has 116 valence electrons. The molecule has 20 heavy (non-hydrogen) atoms. The van der Waals surface area contributed by atoms with Crippen molar-refractivity contribution in [1.29, 1.82) is 0 Å². The monoisotopic (exact) mass is 349 g/mol. The lowest BCUT2D eigenvalue weighted by Crippen LogP contribution is -2.27. The van der Waals surface area contributed by atoms with Crippen molar-refractivity contribution in [3.63, 3.8) is 0 Å². The molecule has 1 heterocycles. The number of rotatable bonds is 4. The van der Waals surface area contributed by atoms with Crippen LogP contribution >= 0.6 is 15.9 Å². The first-order chi connectivity index (χ1) is 9.15. The lowest BCUT2D eigenvalue weighted by molar-refractivity contribution is 0.0600. The molecular weight excluding hydrogens is 326 g/mol. The fraction of sp³-hybridized carbons (Fsp3) is 0.692. The summed E-state index contributed by atoms with van der Waals surface area (Å²) in [4.78, 5) is 10.0. The molecule has 0 aromatic carbocycles. The van der Waals surface area contributed by atoms with E-state index in [2.05, 4.69) is 32.7 Å². The minimum atomic E-state index is -0.725. The summed E-state index contributed by atoms with van der Waals surface area (Å²) in [7, 11) is 1.90. The second kappa shape index (κ2) is 8.97. The van der Waals surface area contributed by atoms with Crippen LogP contribution < -0.4 is 5.73 Å². The van der Waals surface area contributed by atoms with Crippen molar-refractivity contribution in [3.8, 4) is 0 Å². The zero-order chi connectivity index (χ0) is 15.8. The van der Waals surface area contributed by atoms with Gasteiger partial charge in [0.05, 0.1) is 11.1 Å². The van der Waals surface area contributed by atoms with E-state index in [1.807, 2.05) is 13.2 Å². The van der Waals surface area contributed by atoms with E-state index in [4.69, 9.17) is 10.5 Å². The molecule has 1 amide bonds. The number of amides is 1. The van der Waals surface area contributed by atoms with Gasteiger partial charge in [-0.15, -0.1) is 0 Å². The largest absolute Gasteiger partial charge is 0.444 e. The van der Waals surface area contributed by atoms with Gasteiger partial charge in [-0.3, -0.25) is 4.68 Å². The van der Waals surface area contributed by atoms with E-state index < -0.39 is 11.7 Å². The Hall–Kier alpha value is -1.08. The highest BCUT2D eigenvalue weighted by atomic mass is 79.9. The summed E-state index contributed by atoms with van der Waals surface area (Å²) in [5.74, 6) is 0. The molecule has 7 heteroatoms. The third-order valence-corrected chi connectivity index (χ3v) is 2.51. The van der Waals surface area contributed by atoms with Crippen LogP contribution in [0, 0.1) is 0 Å². The van der Waals surface area contributed by atoms with Gasteiger partial charge < -0.3 is 15.2 Å². The highest BCUT2D eigenvalue weighted by Crippen LogP contribution is 2.14. The Bertz CT molecular complexity index is 413. The summed E-state index contributed by atoms with van der Waals surface area (Å²) in [6.45, 7) is 8.76. The van der Waals surface area contributed by atoms with Gasteiger partial charge in [-0.05, 0) is 43.1 Å². The van der Waals surface area contributed by atoms with Crippen LogP contribution in [0.5, 0.6) is 0 Å². The highest BCUT2D eigenvalue weighted by Gasteiger charge is 2.12. The molecule has 0 fully saturated rings. The van der Waals surface area contributed by atoms with Crippen molar-refractivity contribution in [3.05, 3.63) is 16.4 Å². The zero-order valence-corrected chi connectivity index (χ0v) is 14.4. The number of halogens is 1. The number of hydrogen-bond acceptors (Lipinski definition) is 4. The predicted molar refractivity (Wildman–Crippen MR) is 81.3 cm³/mol. The van der Waals surface area contributed by atoms with E-state index in [0.29, 0.717) is 6.61 Å². The SMILES string of the molecule is CC(C)(C)OC(N)=O.CCCOCc1nn(C)cc1Br. The average molecular weight is 350 g/mol. The topological polar surface area (TPSA) is 79.4 Å². The Labute approximate surface area is 128 Å². The van der Waals surface area contributed by atoms with Gasteiger partial charge in [0, 0.05) is 19.9 Å². The minimum Gasteiger partial charge on any atom is -0.444 e. The molecule has 0 atom stereocenters. The standard InChI is InChI=1S/C8H13BrN2O.C5H11NO2/c1-3-4-12-6-8-7(9)5-11(2)10-8;1-5(2,3)8-4(6)7/h5H,3-4,6H2,1-2H3;1-3H3,(H2,6,7). The maximum absolute atomic E-state index is 10.0. The molecular formula is C13H24BrN3O3. The molecule has 1 aromatic heterocycles. The normalized spacial score (nSPS) is 10.7. The second-order valence-corrected chi connectivity index (χ2v) is 6.04. The van der Waals surface area contributed by atoms with Gasteiger partial charge in [-0.1, -0.05) is 6.92 Å². The smallest absolute Gasteiger partial charge is 0.405 e. The zero-order valence-electron chi connectivity index (χ0n) is 12.8.